The van der Waals surface area contributed by atoms with Crippen molar-refractivity contribution in [1.82, 2.24) is 4.98 Å². The summed E-state index contributed by atoms with van der Waals surface area (Å²) in [5, 5.41) is 0. The van der Waals surface area contributed by atoms with Crippen LogP contribution in [-0.4, -0.2) is 17.7 Å². The third-order valence-corrected chi connectivity index (χ3v) is 1.09. The summed E-state index contributed by atoms with van der Waals surface area (Å²) < 4.78 is 4.50. The normalized spacial score (nSPS) is 9.18. The van der Waals surface area contributed by atoms with Crippen LogP contribution in [0.15, 0.2) is 24.4 Å². The number of rotatable bonds is 2. The molecule has 0 saturated carbocycles. The van der Waals surface area contributed by atoms with Crippen LogP contribution in [0.2, 0.25) is 0 Å². The lowest BCUT2D eigenvalue weighted by atomic mass is 10.4. The van der Waals surface area contributed by atoms with E-state index >= 15 is 0 Å². The number of esters is 1. The van der Waals surface area contributed by atoms with Gasteiger partial charge in [-0.2, -0.15) is 0 Å². The number of carbonyl (C=O) groups is 1. The Morgan fingerprint density at radius 2 is 2.45 bits per heavy atom. The highest BCUT2D eigenvalue weighted by molar-refractivity contribution is 5.86. The molecule has 0 unspecified atom stereocenters. The Labute approximate surface area is 64.0 Å². The molecule has 1 heterocycles. The Hall–Kier alpha value is -1.42. The second-order valence-corrected chi connectivity index (χ2v) is 1.81. The quantitative estimate of drug-likeness (QED) is 0.484. The number of aromatic nitrogens is 1. The van der Waals surface area contributed by atoms with E-state index in [1.165, 1.54) is 6.20 Å². The van der Waals surface area contributed by atoms with Gasteiger partial charge in [-0.05, 0) is 12.1 Å². The number of nitrogens with two attached hydrogens (primary N) is 1. The molecule has 1 aromatic heterocycles. The molecule has 0 amide bonds. The van der Waals surface area contributed by atoms with Crippen LogP contribution >= 0.6 is 0 Å². The third-order valence-electron chi connectivity index (χ3n) is 1.09. The van der Waals surface area contributed by atoms with E-state index in [-0.39, 0.29) is 12.4 Å². The minimum Gasteiger partial charge on any atom is -0.445 e. The van der Waals surface area contributed by atoms with E-state index < -0.39 is 5.97 Å². The van der Waals surface area contributed by atoms with Crippen molar-refractivity contribution < 1.29 is 9.53 Å². The molecule has 0 aromatic carbocycles. The molecule has 11 heavy (non-hydrogen) atoms. The van der Waals surface area contributed by atoms with Gasteiger partial charge in [0.25, 0.3) is 0 Å². The fourth-order valence-electron chi connectivity index (χ4n) is 0.633. The average Bonchev–Trinajstić information content (AvgIpc) is 2.07. The van der Waals surface area contributed by atoms with Gasteiger partial charge in [-0.1, -0.05) is 6.07 Å². The van der Waals surface area contributed by atoms with Gasteiger partial charge in [-0.25, -0.2) is 9.78 Å². The number of ether oxygens (including phenoxy) is 1. The molecule has 0 aliphatic heterocycles. The van der Waals surface area contributed by atoms with Crippen LogP contribution in [0.25, 0.3) is 0 Å². The summed E-state index contributed by atoms with van der Waals surface area (Å²) in [6, 6.07) is 5.00. The molecule has 0 aliphatic carbocycles. The number of hydrogen-bond acceptors (Lipinski definition) is 4. The minimum absolute atomic E-state index is 0.116. The van der Waals surface area contributed by atoms with Crippen LogP contribution in [0.3, 0.4) is 0 Å². The molecule has 2 N–H and O–H groups in total. The first-order chi connectivity index (χ1) is 5.34. The summed E-state index contributed by atoms with van der Waals surface area (Å²) in [6.45, 7) is -0.116. The van der Waals surface area contributed by atoms with Crippen molar-refractivity contribution in [2.75, 3.05) is 6.73 Å². The largest absolute Gasteiger partial charge is 0.445 e. The minimum atomic E-state index is -0.492. The summed E-state index contributed by atoms with van der Waals surface area (Å²) in [5.41, 5.74) is 5.27. The predicted molar refractivity (Wildman–Crippen MR) is 38.7 cm³/mol. The van der Waals surface area contributed by atoms with Crippen LogP contribution in [0.5, 0.6) is 0 Å². The third kappa shape index (κ3) is 2.01. The van der Waals surface area contributed by atoms with Crippen molar-refractivity contribution in [3.8, 4) is 0 Å². The molecular weight excluding hydrogens is 144 g/mol. The Morgan fingerprint density at radius 1 is 1.64 bits per heavy atom. The summed E-state index contributed by atoms with van der Waals surface area (Å²) in [6.07, 6.45) is 1.52. The molecule has 0 radical (unpaired) electrons. The van der Waals surface area contributed by atoms with Gasteiger partial charge in [-0.3, -0.25) is 5.73 Å². The van der Waals surface area contributed by atoms with Crippen molar-refractivity contribution in [1.29, 1.82) is 0 Å². The molecule has 0 spiro atoms. The molecule has 0 atom stereocenters. The molecule has 4 heteroatoms. The highest BCUT2D eigenvalue weighted by Gasteiger charge is 2.04. The molecule has 0 bridgehead atoms. The van der Waals surface area contributed by atoms with Gasteiger partial charge in [0.05, 0.1) is 0 Å². The van der Waals surface area contributed by atoms with Gasteiger partial charge >= 0.3 is 5.97 Å². The number of hydrogen-bond donors (Lipinski definition) is 1. The monoisotopic (exact) mass is 152 g/mol. The summed E-state index contributed by atoms with van der Waals surface area (Å²) in [7, 11) is 0. The molecule has 58 valence electrons. The summed E-state index contributed by atoms with van der Waals surface area (Å²) in [5.74, 6) is -0.492. The van der Waals surface area contributed by atoms with Crippen LogP contribution < -0.4 is 5.73 Å². The fraction of sp³-hybridized carbons (Fsp3) is 0.143. The molecular formula is C7H8N2O2. The maximum absolute atomic E-state index is 10.9. The van der Waals surface area contributed by atoms with E-state index in [2.05, 4.69) is 9.72 Å². The lowest BCUT2D eigenvalue weighted by Crippen LogP contribution is -2.13. The summed E-state index contributed by atoms with van der Waals surface area (Å²) >= 11 is 0. The first-order valence-corrected chi connectivity index (χ1v) is 3.13. The summed E-state index contributed by atoms with van der Waals surface area (Å²) in [4.78, 5) is 14.6. The predicted octanol–water partition coefficient (Wildman–Crippen LogP) is 0.155. The van der Waals surface area contributed by atoms with Crippen LogP contribution in [0, 0.1) is 0 Å². The van der Waals surface area contributed by atoms with Gasteiger partial charge < -0.3 is 4.74 Å². The topological polar surface area (TPSA) is 65.2 Å². The second-order valence-electron chi connectivity index (χ2n) is 1.81. The zero-order valence-electron chi connectivity index (χ0n) is 5.86. The van der Waals surface area contributed by atoms with Crippen LogP contribution in [0.1, 0.15) is 10.5 Å². The highest BCUT2D eigenvalue weighted by Crippen LogP contribution is 1.94. The van der Waals surface area contributed by atoms with Crippen molar-refractivity contribution in [2.24, 2.45) is 5.73 Å². The molecule has 0 saturated heterocycles. The molecule has 0 aliphatic rings. The van der Waals surface area contributed by atoms with E-state index in [9.17, 15) is 4.79 Å². The highest BCUT2D eigenvalue weighted by atomic mass is 16.5. The van der Waals surface area contributed by atoms with Crippen LogP contribution in [0.4, 0.5) is 0 Å². The van der Waals surface area contributed by atoms with Crippen LogP contribution in [-0.2, 0) is 4.74 Å². The van der Waals surface area contributed by atoms with Gasteiger partial charge in [0.15, 0.2) is 0 Å². The van der Waals surface area contributed by atoms with E-state index in [1.54, 1.807) is 18.2 Å². The first-order valence-electron chi connectivity index (χ1n) is 3.13. The van der Waals surface area contributed by atoms with Crippen molar-refractivity contribution in [3.05, 3.63) is 30.1 Å². The molecule has 0 fully saturated rings. The lowest BCUT2D eigenvalue weighted by molar-refractivity contribution is 0.0508. The van der Waals surface area contributed by atoms with E-state index in [0.29, 0.717) is 0 Å². The van der Waals surface area contributed by atoms with E-state index in [1.807, 2.05) is 0 Å². The van der Waals surface area contributed by atoms with E-state index in [0.717, 1.165) is 0 Å². The number of pyridine rings is 1. The number of carbonyl (C=O) groups excluding carboxylic acids is 1. The zero-order chi connectivity index (χ0) is 8.10. The van der Waals surface area contributed by atoms with Crippen molar-refractivity contribution in [3.63, 3.8) is 0 Å². The standard InChI is InChI=1S/C7H8N2O2/c8-5-11-7(10)6-3-1-2-4-9-6/h1-4H,5,8H2. The van der Waals surface area contributed by atoms with Gasteiger partial charge in [-0.15, -0.1) is 0 Å². The Morgan fingerprint density at radius 3 is 3.00 bits per heavy atom. The Kier molecular flexibility index (Phi) is 2.57. The molecule has 1 rings (SSSR count). The van der Waals surface area contributed by atoms with Crippen molar-refractivity contribution >= 4 is 5.97 Å². The SMILES string of the molecule is NCOC(=O)c1ccccn1. The smallest absolute Gasteiger partial charge is 0.358 e. The number of nitrogens with zero attached hydrogens (tertiary/aromatic N) is 1. The van der Waals surface area contributed by atoms with Crippen molar-refractivity contribution in [2.45, 2.75) is 0 Å². The van der Waals surface area contributed by atoms with Gasteiger partial charge in [0.2, 0.25) is 0 Å². The average molecular weight is 152 g/mol. The maximum atomic E-state index is 10.9. The van der Waals surface area contributed by atoms with Gasteiger partial charge in [0.1, 0.15) is 12.4 Å². The zero-order valence-corrected chi connectivity index (χ0v) is 5.86. The second kappa shape index (κ2) is 3.68. The molecule has 1 aromatic rings. The Bertz CT molecular complexity index is 235. The Balaban J connectivity index is 2.69. The fourth-order valence-corrected chi connectivity index (χ4v) is 0.633. The van der Waals surface area contributed by atoms with E-state index in [4.69, 9.17) is 5.73 Å². The van der Waals surface area contributed by atoms with Gasteiger partial charge in [0, 0.05) is 6.20 Å². The lowest BCUT2D eigenvalue weighted by Gasteiger charge is -1.98. The molecule has 4 nitrogen and oxygen atoms in total. The first kappa shape index (κ1) is 7.68. The maximum Gasteiger partial charge on any atom is 0.358 e.